The molecule has 154 valence electrons. The van der Waals surface area contributed by atoms with Crippen LogP contribution in [0.5, 0.6) is 0 Å². The van der Waals surface area contributed by atoms with Crippen molar-refractivity contribution >= 4 is 33.5 Å². The van der Waals surface area contributed by atoms with Crippen LogP contribution in [0.15, 0.2) is 71.7 Å². The Kier molecular flexibility index (Phi) is 4.83. The van der Waals surface area contributed by atoms with Crippen molar-refractivity contribution in [1.82, 2.24) is 19.3 Å². The Morgan fingerprint density at radius 1 is 0.968 bits per heavy atom. The Morgan fingerprint density at radius 3 is 2.55 bits per heavy atom. The Labute approximate surface area is 184 Å². The Hall–Kier alpha value is -3.44. The van der Waals surface area contributed by atoms with Gasteiger partial charge in [-0.05, 0) is 66.6 Å². The number of halogens is 1. The van der Waals surface area contributed by atoms with Crippen LogP contribution in [0.25, 0.3) is 38.8 Å². The lowest BCUT2D eigenvalue weighted by atomic mass is 10.0. The highest BCUT2D eigenvalue weighted by molar-refractivity contribution is 6.30. The molecular weight excluding hydrogens is 408 g/mol. The van der Waals surface area contributed by atoms with Crippen molar-refractivity contribution in [1.29, 1.82) is 0 Å². The Balaban J connectivity index is 1.81. The van der Waals surface area contributed by atoms with Crippen molar-refractivity contribution in [3.05, 3.63) is 87.9 Å². The molecule has 5 rings (SSSR count). The number of benzene rings is 2. The summed E-state index contributed by atoms with van der Waals surface area (Å²) in [6, 6.07) is 19.2. The molecule has 5 aromatic rings. The van der Waals surface area contributed by atoms with Crippen LogP contribution in [0, 0.1) is 0 Å². The van der Waals surface area contributed by atoms with Crippen LogP contribution in [-0.2, 0) is 13.5 Å². The first-order chi connectivity index (χ1) is 15.0. The summed E-state index contributed by atoms with van der Waals surface area (Å²) >= 11 is 6.10. The Bertz CT molecular complexity index is 1480. The molecule has 0 unspecified atom stereocenters. The molecule has 0 fully saturated rings. The van der Waals surface area contributed by atoms with Crippen molar-refractivity contribution < 1.29 is 0 Å². The summed E-state index contributed by atoms with van der Waals surface area (Å²) < 4.78 is 3.47. The van der Waals surface area contributed by atoms with Gasteiger partial charge in [0, 0.05) is 40.3 Å². The number of fused-ring (bicyclic) bond motifs is 2. The standard InChI is InChI=1S/C25H21ClN4O/c1-3-4-20-9-5-17-14-22(16-6-12-23-18(13-16)15-29(2)28-23)25(31)30(24(17)27-20)21-10-7-19(26)8-11-21/h5-15H,3-4H2,1-2H3. The summed E-state index contributed by atoms with van der Waals surface area (Å²) in [5, 5.41) is 6.96. The Morgan fingerprint density at radius 2 is 1.77 bits per heavy atom. The number of aromatic nitrogens is 4. The maximum Gasteiger partial charge on any atom is 0.264 e. The average molecular weight is 429 g/mol. The smallest absolute Gasteiger partial charge is 0.264 e. The first-order valence-corrected chi connectivity index (χ1v) is 10.7. The zero-order chi connectivity index (χ0) is 21.5. The molecule has 0 N–H and O–H groups in total. The van der Waals surface area contributed by atoms with Crippen LogP contribution < -0.4 is 5.56 Å². The first-order valence-electron chi connectivity index (χ1n) is 10.3. The van der Waals surface area contributed by atoms with E-state index in [1.165, 1.54) is 0 Å². The number of hydrogen-bond acceptors (Lipinski definition) is 3. The number of nitrogens with zero attached hydrogens (tertiary/aromatic N) is 4. The van der Waals surface area contributed by atoms with E-state index in [9.17, 15) is 4.79 Å². The van der Waals surface area contributed by atoms with Gasteiger partial charge in [0.25, 0.3) is 5.56 Å². The SMILES string of the molecule is CCCc1ccc2cc(-c3ccc4nn(C)cc4c3)c(=O)n(-c3ccc(Cl)cc3)c2n1. The maximum absolute atomic E-state index is 13.7. The van der Waals surface area contributed by atoms with Crippen molar-refractivity contribution in [2.24, 2.45) is 7.05 Å². The van der Waals surface area contributed by atoms with Gasteiger partial charge in [-0.15, -0.1) is 0 Å². The highest BCUT2D eigenvalue weighted by Gasteiger charge is 2.15. The van der Waals surface area contributed by atoms with Crippen LogP contribution >= 0.6 is 11.6 Å². The normalized spacial score (nSPS) is 11.5. The molecule has 0 aliphatic rings. The third-order valence-corrected chi connectivity index (χ3v) is 5.68. The number of pyridine rings is 2. The summed E-state index contributed by atoms with van der Waals surface area (Å²) in [6.45, 7) is 2.12. The fraction of sp³-hybridized carbons (Fsp3) is 0.160. The van der Waals surface area contributed by atoms with Gasteiger partial charge in [0.2, 0.25) is 0 Å². The van der Waals surface area contributed by atoms with Crippen LogP contribution in [0.1, 0.15) is 19.0 Å². The minimum Gasteiger partial charge on any atom is -0.275 e. The maximum atomic E-state index is 13.7. The summed E-state index contributed by atoms with van der Waals surface area (Å²) in [7, 11) is 1.89. The molecule has 0 aliphatic heterocycles. The molecule has 0 atom stereocenters. The van der Waals surface area contributed by atoms with E-state index in [2.05, 4.69) is 12.0 Å². The van der Waals surface area contributed by atoms with Crippen LogP contribution in [0.3, 0.4) is 0 Å². The third kappa shape index (κ3) is 3.51. The lowest BCUT2D eigenvalue weighted by molar-refractivity contribution is 0.780. The van der Waals surface area contributed by atoms with Crippen molar-refractivity contribution in [3.63, 3.8) is 0 Å². The van der Waals surface area contributed by atoms with Gasteiger partial charge in [0.05, 0.1) is 11.2 Å². The molecule has 2 aromatic carbocycles. The molecule has 6 heteroatoms. The number of hydrogen-bond donors (Lipinski definition) is 0. The van der Waals surface area contributed by atoms with Gasteiger partial charge in [-0.3, -0.25) is 14.0 Å². The third-order valence-electron chi connectivity index (χ3n) is 5.43. The molecular formula is C25H21ClN4O. The second-order valence-corrected chi connectivity index (χ2v) is 8.15. The monoisotopic (exact) mass is 428 g/mol. The molecule has 0 bridgehead atoms. The molecule has 0 saturated heterocycles. The fourth-order valence-electron chi connectivity index (χ4n) is 3.97. The van der Waals surface area contributed by atoms with Gasteiger partial charge in [-0.2, -0.15) is 5.10 Å². The van der Waals surface area contributed by atoms with Crippen LogP contribution in [0.2, 0.25) is 5.02 Å². The second-order valence-electron chi connectivity index (χ2n) is 7.72. The first kappa shape index (κ1) is 19.5. The molecule has 31 heavy (non-hydrogen) atoms. The molecule has 5 nitrogen and oxygen atoms in total. The summed E-state index contributed by atoms with van der Waals surface area (Å²) in [6.07, 6.45) is 3.81. The van der Waals surface area contributed by atoms with Crippen LogP contribution in [-0.4, -0.2) is 19.3 Å². The minimum absolute atomic E-state index is 0.112. The lowest BCUT2D eigenvalue weighted by Crippen LogP contribution is -2.21. The zero-order valence-electron chi connectivity index (χ0n) is 17.3. The van der Waals surface area contributed by atoms with E-state index in [1.807, 2.05) is 61.8 Å². The van der Waals surface area contributed by atoms with E-state index >= 15 is 0 Å². The zero-order valence-corrected chi connectivity index (χ0v) is 18.1. The van der Waals surface area contributed by atoms with E-state index in [0.29, 0.717) is 16.2 Å². The fourth-order valence-corrected chi connectivity index (χ4v) is 4.10. The highest BCUT2D eigenvalue weighted by atomic mass is 35.5. The largest absolute Gasteiger partial charge is 0.275 e. The second kappa shape index (κ2) is 7.67. The number of aryl methyl sites for hydroxylation is 2. The predicted molar refractivity (Wildman–Crippen MR) is 126 cm³/mol. The van der Waals surface area contributed by atoms with Crippen LogP contribution in [0.4, 0.5) is 0 Å². The van der Waals surface area contributed by atoms with Gasteiger partial charge in [0.1, 0.15) is 5.65 Å². The highest BCUT2D eigenvalue weighted by Crippen LogP contribution is 2.26. The molecule has 0 spiro atoms. The van der Waals surface area contributed by atoms with E-state index in [0.717, 1.165) is 46.1 Å². The van der Waals surface area contributed by atoms with Gasteiger partial charge < -0.3 is 0 Å². The minimum atomic E-state index is -0.112. The summed E-state index contributed by atoms with van der Waals surface area (Å²) in [5.41, 5.74) is 4.64. The van der Waals surface area contributed by atoms with Crippen molar-refractivity contribution in [2.45, 2.75) is 19.8 Å². The molecule has 3 heterocycles. The van der Waals surface area contributed by atoms with E-state index in [-0.39, 0.29) is 5.56 Å². The van der Waals surface area contributed by atoms with Gasteiger partial charge in [-0.1, -0.05) is 31.0 Å². The quantitative estimate of drug-likeness (QED) is 0.377. The average Bonchev–Trinajstić information content (AvgIpc) is 3.14. The van der Waals surface area contributed by atoms with Crippen molar-refractivity contribution in [2.75, 3.05) is 0 Å². The molecule has 0 radical (unpaired) electrons. The topological polar surface area (TPSA) is 52.7 Å². The molecule has 0 aliphatic carbocycles. The van der Waals surface area contributed by atoms with E-state index < -0.39 is 0 Å². The summed E-state index contributed by atoms with van der Waals surface area (Å²) in [5.74, 6) is 0. The lowest BCUT2D eigenvalue weighted by Gasteiger charge is -2.14. The van der Waals surface area contributed by atoms with Crippen molar-refractivity contribution in [3.8, 4) is 16.8 Å². The molecule has 3 aromatic heterocycles. The van der Waals surface area contributed by atoms with E-state index in [1.54, 1.807) is 21.4 Å². The van der Waals surface area contributed by atoms with Gasteiger partial charge >= 0.3 is 0 Å². The number of rotatable bonds is 4. The molecule has 0 saturated carbocycles. The summed E-state index contributed by atoms with van der Waals surface area (Å²) in [4.78, 5) is 18.6. The van der Waals surface area contributed by atoms with Gasteiger partial charge in [-0.25, -0.2) is 4.98 Å². The predicted octanol–water partition coefficient (Wildman–Crippen LogP) is 5.55. The van der Waals surface area contributed by atoms with E-state index in [4.69, 9.17) is 16.6 Å². The molecule has 0 amide bonds. The van der Waals surface area contributed by atoms with Gasteiger partial charge in [0.15, 0.2) is 0 Å².